The highest BCUT2D eigenvalue weighted by atomic mass is 32.1. The Labute approximate surface area is 177 Å². The topological polar surface area (TPSA) is 80.5 Å². The zero-order chi connectivity index (χ0) is 20.5. The van der Waals surface area contributed by atoms with Gasteiger partial charge in [-0.15, -0.1) is 11.3 Å². The molecule has 0 radical (unpaired) electrons. The average Bonchev–Trinajstić information content (AvgIpc) is 3.41. The maximum absolute atomic E-state index is 13.0. The summed E-state index contributed by atoms with van der Waals surface area (Å²) in [4.78, 5) is 13.9. The van der Waals surface area contributed by atoms with Crippen LogP contribution in [0.2, 0.25) is 0 Å². The summed E-state index contributed by atoms with van der Waals surface area (Å²) in [6.45, 7) is 5.76. The van der Waals surface area contributed by atoms with Crippen LogP contribution in [0.4, 0.5) is 5.69 Å². The Morgan fingerprint density at radius 1 is 1.24 bits per heavy atom. The van der Waals surface area contributed by atoms with Crippen LogP contribution in [0.25, 0.3) is 16.4 Å². The number of carbonyl (C=O) groups excluding carboxylic acids is 1. The van der Waals surface area contributed by atoms with E-state index in [4.69, 9.17) is 12.2 Å². The minimum atomic E-state index is -0.532. The first-order chi connectivity index (χ1) is 13.9. The summed E-state index contributed by atoms with van der Waals surface area (Å²) in [7, 11) is 0. The number of hydrogen-bond acceptors (Lipinski definition) is 5. The minimum Gasteiger partial charge on any atom is -0.324 e. The van der Waals surface area contributed by atoms with E-state index in [1.165, 1.54) is 0 Å². The standard InChI is InChI=1S/C20H20N6OS2/c1-12-10-13(2)26(24-12)16-7-4-6-15(11-16)21-19(27)14(3)25-18(22-23-20(25)28)17-8-5-9-29-17/h4-11,14H,1-3H3,(H,21,27)(H,23,28). The maximum Gasteiger partial charge on any atom is 0.247 e. The molecule has 4 rings (SSSR count). The number of thiophene rings is 1. The van der Waals surface area contributed by atoms with Crippen LogP contribution in [0.3, 0.4) is 0 Å². The summed E-state index contributed by atoms with van der Waals surface area (Å²) in [6, 6.07) is 13.0. The predicted octanol–water partition coefficient (Wildman–Crippen LogP) is 4.67. The molecule has 1 aromatic carbocycles. The molecule has 0 aliphatic rings. The van der Waals surface area contributed by atoms with Crippen molar-refractivity contribution in [3.8, 4) is 16.4 Å². The summed E-state index contributed by atoms with van der Waals surface area (Å²) in [5, 5.41) is 16.5. The van der Waals surface area contributed by atoms with Gasteiger partial charge < -0.3 is 5.32 Å². The highest BCUT2D eigenvalue weighted by Crippen LogP contribution is 2.26. The Morgan fingerprint density at radius 2 is 2.07 bits per heavy atom. The van der Waals surface area contributed by atoms with Crippen LogP contribution in [0.15, 0.2) is 47.8 Å². The number of hydrogen-bond donors (Lipinski definition) is 2. The molecule has 1 atom stereocenters. The van der Waals surface area contributed by atoms with E-state index in [0.29, 0.717) is 16.3 Å². The van der Waals surface area contributed by atoms with E-state index < -0.39 is 6.04 Å². The molecule has 1 amide bonds. The van der Waals surface area contributed by atoms with Crippen molar-refractivity contribution in [2.24, 2.45) is 0 Å². The van der Waals surface area contributed by atoms with Crippen molar-refractivity contribution < 1.29 is 4.79 Å². The van der Waals surface area contributed by atoms with Crippen LogP contribution in [0.1, 0.15) is 24.4 Å². The molecule has 2 N–H and O–H groups in total. The van der Waals surface area contributed by atoms with Crippen LogP contribution < -0.4 is 5.32 Å². The van der Waals surface area contributed by atoms with Gasteiger partial charge in [0.1, 0.15) is 6.04 Å². The zero-order valence-corrected chi connectivity index (χ0v) is 17.8. The van der Waals surface area contributed by atoms with Gasteiger partial charge in [0.25, 0.3) is 0 Å². The van der Waals surface area contributed by atoms with Gasteiger partial charge >= 0.3 is 0 Å². The van der Waals surface area contributed by atoms with E-state index in [1.807, 2.05) is 73.3 Å². The van der Waals surface area contributed by atoms with Crippen LogP contribution in [-0.4, -0.2) is 30.5 Å². The summed E-state index contributed by atoms with van der Waals surface area (Å²) >= 11 is 6.91. The second-order valence-corrected chi connectivity index (χ2v) is 8.09. The highest BCUT2D eigenvalue weighted by molar-refractivity contribution is 7.71. The third kappa shape index (κ3) is 3.79. The minimum absolute atomic E-state index is 0.175. The van der Waals surface area contributed by atoms with E-state index >= 15 is 0 Å². The molecule has 0 bridgehead atoms. The number of aromatic amines is 1. The summed E-state index contributed by atoms with van der Waals surface area (Å²) in [5.74, 6) is 0.481. The third-order valence-corrected chi connectivity index (χ3v) is 5.73. The van der Waals surface area contributed by atoms with Crippen LogP contribution >= 0.6 is 23.6 Å². The number of H-pyrrole nitrogens is 1. The summed E-state index contributed by atoms with van der Waals surface area (Å²) in [6.07, 6.45) is 0. The normalized spacial score (nSPS) is 12.1. The van der Waals surface area contributed by atoms with Gasteiger partial charge in [0, 0.05) is 11.4 Å². The molecule has 7 nitrogen and oxygen atoms in total. The fourth-order valence-electron chi connectivity index (χ4n) is 3.21. The number of nitrogens with zero attached hydrogens (tertiary/aromatic N) is 4. The molecule has 9 heteroatoms. The Morgan fingerprint density at radius 3 is 2.76 bits per heavy atom. The van der Waals surface area contributed by atoms with Gasteiger partial charge in [-0.3, -0.25) is 14.5 Å². The second-order valence-electron chi connectivity index (χ2n) is 6.75. The van der Waals surface area contributed by atoms with E-state index in [1.54, 1.807) is 15.9 Å². The summed E-state index contributed by atoms with van der Waals surface area (Å²) in [5.41, 5.74) is 3.56. The van der Waals surface area contributed by atoms with Crippen molar-refractivity contribution in [1.29, 1.82) is 0 Å². The third-order valence-electron chi connectivity index (χ3n) is 4.58. The number of aromatic nitrogens is 5. The number of carbonyl (C=O) groups is 1. The van der Waals surface area contributed by atoms with Gasteiger partial charge in [0.2, 0.25) is 5.91 Å². The van der Waals surface area contributed by atoms with Crippen molar-refractivity contribution in [3.63, 3.8) is 0 Å². The quantitative estimate of drug-likeness (QED) is 0.456. The van der Waals surface area contributed by atoms with Gasteiger partial charge in [-0.25, -0.2) is 4.68 Å². The molecule has 1 unspecified atom stereocenters. The number of rotatable bonds is 5. The lowest BCUT2D eigenvalue weighted by Crippen LogP contribution is -2.24. The molecule has 0 saturated carbocycles. The molecule has 0 saturated heterocycles. The Kier molecular flexibility index (Phi) is 5.16. The molecule has 3 aromatic heterocycles. The fourth-order valence-corrected chi connectivity index (χ4v) is 4.21. The molecule has 0 aliphatic carbocycles. The highest BCUT2D eigenvalue weighted by Gasteiger charge is 2.21. The Hall–Kier alpha value is -3.04. The largest absolute Gasteiger partial charge is 0.324 e. The Balaban J connectivity index is 1.59. The lowest BCUT2D eigenvalue weighted by molar-refractivity contribution is -0.118. The van der Waals surface area contributed by atoms with Crippen molar-refractivity contribution in [2.45, 2.75) is 26.8 Å². The van der Waals surface area contributed by atoms with Gasteiger partial charge in [-0.05, 0) is 68.7 Å². The van der Waals surface area contributed by atoms with Crippen LogP contribution in [0.5, 0.6) is 0 Å². The zero-order valence-electron chi connectivity index (χ0n) is 16.2. The second kappa shape index (κ2) is 7.76. The van der Waals surface area contributed by atoms with Crippen LogP contribution in [0, 0.1) is 18.6 Å². The van der Waals surface area contributed by atoms with Gasteiger partial charge in [-0.2, -0.15) is 10.2 Å². The van der Waals surface area contributed by atoms with E-state index in [0.717, 1.165) is 22.0 Å². The smallest absolute Gasteiger partial charge is 0.247 e. The number of aryl methyl sites for hydroxylation is 2. The molecule has 0 aliphatic heterocycles. The van der Waals surface area contributed by atoms with Gasteiger partial charge in [-0.1, -0.05) is 12.1 Å². The molecular formula is C20H20N6OS2. The molecule has 3 heterocycles. The number of anilines is 1. The molecule has 0 fully saturated rings. The summed E-state index contributed by atoms with van der Waals surface area (Å²) < 4.78 is 4.00. The van der Waals surface area contributed by atoms with Gasteiger partial charge in [0.05, 0.1) is 16.3 Å². The first-order valence-corrected chi connectivity index (χ1v) is 10.4. The number of benzene rings is 1. The van der Waals surface area contributed by atoms with Crippen molar-refractivity contribution in [1.82, 2.24) is 24.5 Å². The molecule has 0 spiro atoms. The van der Waals surface area contributed by atoms with E-state index in [9.17, 15) is 4.79 Å². The lowest BCUT2D eigenvalue weighted by Gasteiger charge is -2.16. The number of amides is 1. The SMILES string of the molecule is Cc1cc(C)n(-c2cccc(NC(=O)C(C)n3c(-c4cccs4)n[nH]c3=S)c2)n1. The first-order valence-electron chi connectivity index (χ1n) is 9.09. The Bertz CT molecular complexity index is 1220. The van der Waals surface area contributed by atoms with Crippen molar-refractivity contribution in [3.05, 3.63) is 64.0 Å². The lowest BCUT2D eigenvalue weighted by atomic mass is 10.2. The van der Waals surface area contributed by atoms with E-state index in [2.05, 4.69) is 20.6 Å². The first kappa shape index (κ1) is 19.3. The molecule has 148 valence electrons. The predicted molar refractivity (Wildman–Crippen MR) is 117 cm³/mol. The monoisotopic (exact) mass is 424 g/mol. The van der Waals surface area contributed by atoms with Gasteiger partial charge in [0.15, 0.2) is 10.6 Å². The average molecular weight is 425 g/mol. The fraction of sp³-hybridized carbons (Fsp3) is 0.200. The van der Waals surface area contributed by atoms with Crippen molar-refractivity contribution in [2.75, 3.05) is 5.32 Å². The maximum atomic E-state index is 13.0. The van der Waals surface area contributed by atoms with Crippen LogP contribution in [-0.2, 0) is 4.79 Å². The number of nitrogens with one attached hydrogen (secondary N) is 2. The molecular weight excluding hydrogens is 404 g/mol. The van der Waals surface area contributed by atoms with Crippen molar-refractivity contribution >= 4 is 35.1 Å². The molecule has 29 heavy (non-hydrogen) atoms. The van der Waals surface area contributed by atoms with E-state index in [-0.39, 0.29) is 5.91 Å². The molecule has 4 aromatic rings.